The fraction of sp³-hybridized carbons (Fsp3) is 0.417. The van der Waals surface area contributed by atoms with Gasteiger partial charge in [0.25, 0.3) is 5.69 Å². The lowest BCUT2D eigenvalue weighted by atomic mass is 10.2. The SMILES string of the molecule is CCN(CC)C(=O)CNc1ccc(I)cc1[N+](=O)[O-]. The molecule has 104 valence electrons. The number of carbonyl (C=O) groups is 1. The minimum Gasteiger partial charge on any atom is -0.371 e. The van der Waals surface area contributed by atoms with E-state index in [9.17, 15) is 14.9 Å². The van der Waals surface area contributed by atoms with Crippen LogP contribution in [0, 0.1) is 13.7 Å². The van der Waals surface area contributed by atoms with Crippen LogP contribution in [0.4, 0.5) is 11.4 Å². The third-order valence-corrected chi connectivity index (χ3v) is 3.37. The molecule has 1 amide bonds. The van der Waals surface area contributed by atoms with Crippen LogP contribution < -0.4 is 5.32 Å². The molecular formula is C12H16IN3O3. The molecule has 0 bridgehead atoms. The second kappa shape index (κ2) is 7.27. The topological polar surface area (TPSA) is 75.5 Å². The Morgan fingerprint density at radius 2 is 2.05 bits per heavy atom. The predicted octanol–water partition coefficient (Wildman–Crippen LogP) is 2.48. The molecule has 0 saturated carbocycles. The van der Waals surface area contributed by atoms with Gasteiger partial charge in [0.2, 0.25) is 5.91 Å². The molecule has 6 nitrogen and oxygen atoms in total. The molecule has 1 N–H and O–H groups in total. The van der Waals surface area contributed by atoms with E-state index in [0.717, 1.165) is 3.57 Å². The van der Waals surface area contributed by atoms with E-state index >= 15 is 0 Å². The van der Waals surface area contributed by atoms with E-state index in [1.807, 2.05) is 36.4 Å². The zero-order valence-corrected chi connectivity index (χ0v) is 13.0. The lowest BCUT2D eigenvalue weighted by Crippen LogP contribution is -2.35. The maximum atomic E-state index is 11.8. The second-order valence-corrected chi connectivity index (χ2v) is 5.08. The molecule has 1 rings (SSSR count). The summed E-state index contributed by atoms with van der Waals surface area (Å²) in [5.41, 5.74) is 0.352. The number of halogens is 1. The van der Waals surface area contributed by atoms with Crippen LogP contribution in [0.2, 0.25) is 0 Å². The van der Waals surface area contributed by atoms with Gasteiger partial charge in [0.1, 0.15) is 5.69 Å². The van der Waals surface area contributed by atoms with Gasteiger partial charge in [-0.25, -0.2) is 0 Å². The number of hydrogen-bond donors (Lipinski definition) is 1. The number of hydrogen-bond acceptors (Lipinski definition) is 4. The first-order valence-corrected chi connectivity index (χ1v) is 7.03. The minimum absolute atomic E-state index is 0.0146. The molecule has 7 heteroatoms. The van der Waals surface area contributed by atoms with Gasteiger partial charge in [0.05, 0.1) is 11.5 Å². The fourth-order valence-corrected chi connectivity index (χ4v) is 2.14. The van der Waals surface area contributed by atoms with Crippen molar-refractivity contribution in [2.75, 3.05) is 25.0 Å². The van der Waals surface area contributed by atoms with E-state index in [1.54, 1.807) is 17.0 Å². The first-order valence-electron chi connectivity index (χ1n) is 5.95. The van der Waals surface area contributed by atoms with Crippen molar-refractivity contribution in [3.05, 3.63) is 31.9 Å². The summed E-state index contributed by atoms with van der Waals surface area (Å²) in [6.07, 6.45) is 0. The van der Waals surface area contributed by atoms with Crippen LogP contribution in [-0.4, -0.2) is 35.4 Å². The summed E-state index contributed by atoms with van der Waals surface area (Å²) in [7, 11) is 0. The van der Waals surface area contributed by atoms with Gasteiger partial charge in [-0.2, -0.15) is 0 Å². The number of benzene rings is 1. The molecule has 0 aliphatic heterocycles. The van der Waals surface area contributed by atoms with Crippen LogP contribution in [0.1, 0.15) is 13.8 Å². The lowest BCUT2D eigenvalue weighted by molar-refractivity contribution is -0.384. The maximum absolute atomic E-state index is 11.8. The number of nitrogens with zero attached hydrogens (tertiary/aromatic N) is 2. The Morgan fingerprint density at radius 1 is 1.42 bits per heavy atom. The van der Waals surface area contributed by atoms with E-state index in [0.29, 0.717) is 18.8 Å². The van der Waals surface area contributed by atoms with Gasteiger partial charge in [0, 0.05) is 22.7 Å². The number of carbonyl (C=O) groups excluding carboxylic acids is 1. The summed E-state index contributed by atoms with van der Waals surface area (Å²) >= 11 is 2.01. The lowest BCUT2D eigenvalue weighted by Gasteiger charge is -2.19. The first-order chi connectivity index (χ1) is 8.99. The highest BCUT2D eigenvalue weighted by Crippen LogP contribution is 2.26. The van der Waals surface area contributed by atoms with Gasteiger partial charge >= 0.3 is 0 Å². The summed E-state index contributed by atoms with van der Waals surface area (Å²) < 4.78 is 0.782. The van der Waals surface area contributed by atoms with E-state index in [1.165, 1.54) is 6.07 Å². The monoisotopic (exact) mass is 377 g/mol. The van der Waals surface area contributed by atoms with Crippen molar-refractivity contribution in [2.45, 2.75) is 13.8 Å². The normalized spacial score (nSPS) is 10.1. The van der Waals surface area contributed by atoms with Crippen molar-refractivity contribution in [1.82, 2.24) is 4.90 Å². The number of anilines is 1. The smallest absolute Gasteiger partial charge is 0.293 e. The molecule has 19 heavy (non-hydrogen) atoms. The van der Waals surface area contributed by atoms with Gasteiger partial charge in [-0.3, -0.25) is 14.9 Å². The summed E-state index contributed by atoms with van der Waals surface area (Å²) in [5.74, 6) is -0.0714. The van der Waals surface area contributed by atoms with E-state index in [4.69, 9.17) is 0 Å². The van der Waals surface area contributed by atoms with Crippen molar-refractivity contribution in [2.24, 2.45) is 0 Å². The molecule has 0 heterocycles. The fourth-order valence-electron chi connectivity index (χ4n) is 1.66. The van der Waals surface area contributed by atoms with Gasteiger partial charge in [-0.1, -0.05) is 0 Å². The predicted molar refractivity (Wildman–Crippen MR) is 82.2 cm³/mol. The number of amides is 1. The van der Waals surface area contributed by atoms with Gasteiger partial charge in [-0.05, 0) is 48.6 Å². The first kappa shape index (κ1) is 15.7. The van der Waals surface area contributed by atoms with Crippen molar-refractivity contribution < 1.29 is 9.72 Å². The van der Waals surface area contributed by atoms with Gasteiger partial charge < -0.3 is 10.2 Å². The molecule has 0 unspecified atom stereocenters. The molecule has 0 saturated heterocycles. The van der Waals surface area contributed by atoms with Crippen molar-refractivity contribution in [3.63, 3.8) is 0 Å². The standard InChI is InChI=1S/C12H16IN3O3/c1-3-15(4-2)12(17)8-14-10-6-5-9(13)7-11(10)16(18)19/h5-7,14H,3-4,8H2,1-2H3. The Bertz CT molecular complexity index is 475. The zero-order valence-electron chi connectivity index (χ0n) is 10.9. The Balaban J connectivity index is 2.78. The Morgan fingerprint density at radius 3 is 2.58 bits per heavy atom. The van der Waals surface area contributed by atoms with Crippen LogP contribution in [0.3, 0.4) is 0 Å². The van der Waals surface area contributed by atoms with Crippen molar-refractivity contribution >= 4 is 39.9 Å². The highest BCUT2D eigenvalue weighted by Gasteiger charge is 2.16. The number of nitro benzene ring substituents is 1. The Labute approximate surface area is 125 Å². The second-order valence-electron chi connectivity index (χ2n) is 3.84. The van der Waals surface area contributed by atoms with Crippen LogP contribution >= 0.6 is 22.6 Å². The van der Waals surface area contributed by atoms with Gasteiger partial charge in [0.15, 0.2) is 0 Å². The molecule has 0 aliphatic rings. The number of nitro groups is 1. The largest absolute Gasteiger partial charge is 0.371 e. The summed E-state index contributed by atoms with van der Waals surface area (Å²) in [6, 6.07) is 4.86. The molecule has 0 radical (unpaired) electrons. The highest BCUT2D eigenvalue weighted by atomic mass is 127. The summed E-state index contributed by atoms with van der Waals surface area (Å²) in [4.78, 5) is 24.0. The van der Waals surface area contributed by atoms with Crippen LogP contribution in [0.15, 0.2) is 18.2 Å². The third-order valence-electron chi connectivity index (χ3n) is 2.70. The number of likely N-dealkylation sites (N-methyl/N-ethyl adjacent to an activating group) is 1. The molecule has 1 aromatic rings. The zero-order chi connectivity index (χ0) is 14.4. The summed E-state index contributed by atoms with van der Waals surface area (Å²) in [6.45, 7) is 5.12. The molecule has 0 aromatic heterocycles. The van der Waals surface area contributed by atoms with Crippen molar-refractivity contribution in [1.29, 1.82) is 0 Å². The van der Waals surface area contributed by atoms with E-state index < -0.39 is 4.92 Å². The quantitative estimate of drug-likeness (QED) is 0.470. The molecule has 0 fully saturated rings. The molecular weight excluding hydrogens is 361 g/mol. The average Bonchev–Trinajstić information content (AvgIpc) is 2.38. The van der Waals surface area contributed by atoms with E-state index in [2.05, 4.69) is 5.32 Å². The van der Waals surface area contributed by atoms with Crippen LogP contribution in [0.5, 0.6) is 0 Å². The highest BCUT2D eigenvalue weighted by molar-refractivity contribution is 14.1. The molecule has 0 spiro atoms. The molecule has 1 aromatic carbocycles. The number of nitrogens with one attached hydrogen (secondary N) is 1. The minimum atomic E-state index is -0.452. The van der Waals surface area contributed by atoms with Crippen molar-refractivity contribution in [3.8, 4) is 0 Å². The van der Waals surface area contributed by atoms with Crippen LogP contribution in [0.25, 0.3) is 0 Å². The molecule has 0 atom stereocenters. The number of rotatable bonds is 6. The Kier molecular flexibility index (Phi) is 6.00. The molecule has 0 aliphatic carbocycles. The Hall–Kier alpha value is -1.38. The van der Waals surface area contributed by atoms with E-state index in [-0.39, 0.29) is 18.1 Å². The van der Waals surface area contributed by atoms with Gasteiger partial charge in [-0.15, -0.1) is 0 Å². The average molecular weight is 377 g/mol. The van der Waals surface area contributed by atoms with Crippen LogP contribution in [-0.2, 0) is 4.79 Å². The third kappa shape index (κ3) is 4.34. The maximum Gasteiger partial charge on any atom is 0.293 e. The summed E-state index contributed by atoms with van der Waals surface area (Å²) in [5, 5.41) is 13.8.